The number of benzene rings is 1. The molecule has 19 heavy (non-hydrogen) atoms. The Morgan fingerprint density at radius 2 is 1.79 bits per heavy atom. The molecule has 1 fully saturated rings. The summed E-state index contributed by atoms with van der Waals surface area (Å²) in [6.07, 6.45) is 1.78. The first-order valence-corrected chi connectivity index (χ1v) is 6.33. The van der Waals surface area contributed by atoms with E-state index in [0.717, 1.165) is 42.5 Å². The Morgan fingerprint density at radius 1 is 1.05 bits per heavy atom. The summed E-state index contributed by atoms with van der Waals surface area (Å²) in [6.45, 7) is 2.87. The standard InChI is InChI=1S/C14H15N3O2/c18-9-12-11-3-1-2-4-13(11)15-14(12)17-7-5-16(10-19)6-8-17/h1-4,9-10,15H,5-8H2. The maximum atomic E-state index is 11.4. The van der Waals surface area contributed by atoms with E-state index in [1.54, 1.807) is 4.90 Å². The summed E-state index contributed by atoms with van der Waals surface area (Å²) in [4.78, 5) is 29.2. The number of fused-ring (bicyclic) bond motifs is 1. The second-order valence-electron chi connectivity index (χ2n) is 4.68. The van der Waals surface area contributed by atoms with Gasteiger partial charge in [0.1, 0.15) is 5.82 Å². The van der Waals surface area contributed by atoms with Crippen molar-refractivity contribution in [2.75, 3.05) is 31.1 Å². The molecule has 1 saturated heterocycles. The van der Waals surface area contributed by atoms with E-state index >= 15 is 0 Å². The predicted molar refractivity (Wildman–Crippen MR) is 73.5 cm³/mol. The zero-order valence-electron chi connectivity index (χ0n) is 10.5. The Bertz CT molecular complexity index is 612. The molecule has 0 spiro atoms. The van der Waals surface area contributed by atoms with Crippen LogP contribution >= 0.6 is 0 Å². The lowest BCUT2D eigenvalue weighted by atomic mass is 10.1. The number of para-hydroxylation sites is 1. The van der Waals surface area contributed by atoms with Crippen LogP contribution in [0.25, 0.3) is 10.9 Å². The van der Waals surface area contributed by atoms with Crippen LogP contribution < -0.4 is 4.90 Å². The van der Waals surface area contributed by atoms with Crippen molar-refractivity contribution < 1.29 is 9.59 Å². The van der Waals surface area contributed by atoms with Gasteiger partial charge in [-0.1, -0.05) is 18.2 Å². The molecule has 0 atom stereocenters. The van der Waals surface area contributed by atoms with Gasteiger partial charge in [0, 0.05) is 37.1 Å². The SMILES string of the molecule is O=Cc1c(N2CCN(C=O)CC2)[nH]c2ccccc12. The molecule has 1 aromatic heterocycles. The molecule has 0 saturated carbocycles. The maximum Gasteiger partial charge on any atom is 0.209 e. The van der Waals surface area contributed by atoms with Gasteiger partial charge in [-0.15, -0.1) is 0 Å². The highest BCUT2D eigenvalue weighted by Gasteiger charge is 2.21. The average molecular weight is 257 g/mol. The van der Waals surface area contributed by atoms with Crippen molar-refractivity contribution in [1.82, 2.24) is 9.88 Å². The third-order valence-corrected chi connectivity index (χ3v) is 3.62. The fraction of sp³-hybridized carbons (Fsp3) is 0.286. The number of piperazine rings is 1. The number of nitrogens with one attached hydrogen (secondary N) is 1. The molecule has 1 aliphatic heterocycles. The minimum atomic E-state index is 0.692. The molecule has 1 aliphatic rings. The van der Waals surface area contributed by atoms with Gasteiger partial charge in [-0.3, -0.25) is 9.59 Å². The lowest BCUT2D eigenvalue weighted by Gasteiger charge is -2.33. The van der Waals surface area contributed by atoms with Crippen LogP contribution in [0.1, 0.15) is 10.4 Å². The van der Waals surface area contributed by atoms with E-state index in [1.807, 2.05) is 24.3 Å². The molecule has 0 radical (unpaired) electrons. The largest absolute Gasteiger partial charge is 0.354 e. The molecule has 2 aromatic rings. The van der Waals surface area contributed by atoms with Gasteiger partial charge in [0.25, 0.3) is 0 Å². The molecule has 3 rings (SSSR count). The van der Waals surface area contributed by atoms with Crippen molar-refractivity contribution in [3.05, 3.63) is 29.8 Å². The van der Waals surface area contributed by atoms with E-state index in [-0.39, 0.29) is 0 Å². The predicted octanol–water partition coefficient (Wildman–Crippen LogP) is 1.26. The van der Waals surface area contributed by atoms with E-state index in [0.29, 0.717) is 18.7 Å². The van der Waals surface area contributed by atoms with Crippen LogP contribution in [0, 0.1) is 0 Å². The number of carbonyl (C=O) groups excluding carboxylic acids is 2. The molecule has 5 heteroatoms. The third kappa shape index (κ3) is 1.97. The molecular weight excluding hydrogens is 242 g/mol. The molecular formula is C14H15N3O2. The first kappa shape index (κ1) is 11.8. The number of hydrogen-bond donors (Lipinski definition) is 1. The van der Waals surface area contributed by atoms with Crippen LogP contribution in [0.15, 0.2) is 24.3 Å². The summed E-state index contributed by atoms with van der Waals surface area (Å²) >= 11 is 0. The number of carbonyl (C=O) groups is 2. The van der Waals surface area contributed by atoms with Gasteiger partial charge in [0.15, 0.2) is 6.29 Å². The number of rotatable bonds is 3. The summed E-state index contributed by atoms with van der Waals surface area (Å²) in [7, 11) is 0. The Balaban J connectivity index is 1.96. The second kappa shape index (κ2) is 4.76. The molecule has 1 aromatic carbocycles. The molecule has 1 amide bonds. The second-order valence-corrected chi connectivity index (χ2v) is 4.68. The van der Waals surface area contributed by atoms with Gasteiger partial charge in [-0.2, -0.15) is 0 Å². The zero-order valence-corrected chi connectivity index (χ0v) is 10.5. The van der Waals surface area contributed by atoms with E-state index in [1.165, 1.54) is 0 Å². The number of nitrogens with zero attached hydrogens (tertiary/aromatic N) is 2. The van der Waals surface area contributed by atoms with E-state index in [2.05, 4.69) is 9.88 Å². The van der Waals surface area contributed by atoms with Gasteiger partial charge in [0.2, 0.25) is 6.41 Å². The van der Waals surface area contributed by atoms with Gasteiger partial charge in [0.05, 0.1) is 5.56 Å². The molecule has 0 unspecified atom stereocenters. The Labute approximate surface area is 110 Å². The highest BCUT2D eigenvalue weighted by molar-refractivity contribution is 6.03. The normalized spacial score (nSPS) is 15.8. The number of aromatic nitrogens is 1. The van der Waals surface area contributed by atoms with E-state index in [9.17, 15) is 9.59 Å². The van der Waals surface area contributed by atoms with Crippen LogP contribution in [-0.4, -0.2) is 48.8 Å². The molecule has 0 aliphatic carbocycles. The van der Waals surface area contributed by atoms with Crippen molar-refractivity contribution >= 4 is 29.4 Å². The van der Waals surface area contributed by atoms with Gasteiger partial charge in [-0.25, -0.2) is 0 Å². The highest BCUT2D eigenvalue weighted by Crippen LogP contribution is 2.27. The lowest BCUT2D eigenvalue weighted by molar-refractivity contribution is -0.118. The molecule has 5 nitrogen and oxygen atoms in total. The van der Waals surface area contributed by atoms with Crippen molar-refractivity contribution in [1.29, 1.82) is 0 Å². The average Bonchev–Trinajstić information content (AvgIpc) is 2.85. The molecule has 98 valence electrons. The minimum Gasteiger partial charge on any atom is -0.354 e. The summed E-state index contributed by atoms with van der Waals surface area (Å²) in [5, 5.41) is 0.949. The topological polar surface area (TPSA) is 56.4 Å². The van der Waals surface area contributed by atoms with Crippen LogP contribution in [0.2, 0.25) is 0 Å². The third-order valence-electron chi connectivity index (χ3n) is 3.62. The molecule has 2 heterocycles. The first-order chi connectivity index (χ1) is 9.33. The molecule has 1 N–H and O–H groups in total. The number of anilines is 1. The zero-order chi connectivity index (χ0) is 13.2. The van der Waals surface area contributed by atoms with Crippen LogP contribution in [0.3, 0.4) is 0 Å². The minimum absolute atomic E-state index is 0.692. The van der Waals surface area contributed by atoms with E-state index in [4.69, 9.17) is 0 Å². The maximum absolute atomic E-state index is 11.4. The van der Waals surface area contributed by atoms with Crippen molar-refractivity contribution in [2.45, 2.75) is 0 Å². The van der Waals surface area contributed by atoms with Crippen molar-refractivity contribution in [3.63, 3.8) is 0 Å². The summed E-state index contributed by atoms with van der Waals surface area (Å²) in [5.41, 5.74) is 1.67. The fourth-order valence-electron chi connectivity index (χ4n) is 2.57. The Morgan fingerprint density at radius 3 is 2.47 bits per heavy atom. The monoisotopic (exact) mass is 257 g/mol. The van der Waals surface area contributed by atoms with Crippen molar-refractivity contribution in [2.24, 2.45) is 0 Å². The summed E-state index contributed by atoms with van der Waals surface area (Å²) < 4.78 is 0. The van der Waals surface area contributed by atoms with Crippen molar-refractivity contribution in [3.8, 4) is 0 Å². The summed E-state index contributed by atoms with van der Waals surface area (Å²) in [5.74, 6) is 0.863. The first-order valence-electron chi connectivity index (χ1n) is 6.33. The van der Waals surface area contributed by atoms with Gasteiger partial charge >= 0.3 is 0 Å². The summed E-state index contributed by atoms with van der Waals surface area (Å²) in [6, 6.07) is 7.78. The Kier molecular flexibility index (Phi) is 2.95. The van der Waals surface area contributed by atoms with Gasteiger partial charge < -0.3 is 14.8 Å². The number of H-pyrrole nitrogens is 1. The number of aromatic amines is 1. The highest BCUT2D eigenvalue weighted by atomic mass is 16.1. The number of aldehydes is 1. The molecule has 0 bridgehead atoms. The fourth-order valence-corrected chi connectivity index (χ4v) is 2.57. The van der Waals surface area contributed by atoms with E-state index < -0.39 is 0 Å². The van der Waals surface area contributed by atoms with Crippen LogP contribution in [0.5, 0.6) is 0 Å². The smallest absolute Gasteiger partial charge is 0.209 e. The Hall–Kier alpha value is -2.30. The lowest BCUT2D eigenvalue weighted by Crippen LogP contribution is -2.46. The van der Waals surface area contributed by atoms with Crippen LogP contribution in [0.4, 0.5) is 5.82 Å². The van der Waals surface area contributed by atoms with Gasteiger partial charge in [-0.05, 0) is 6.07 Å². The number of hydrogen-bond acceptors (Lipinski definition) is 3. The quantitative estimate of drug-likeness (QED) is 0.842. The number of amides is 1. The van der Waals surface area contributed by atoms with Crippen LogP contribution in [-0.2, 0) is 4.79 Å².